The minimum Gasteiger partial charge on any atom is -0.340 e. The van der Waals surface area contributed by atoms with Gasteiger partial charge in [-0.15, -0.1) is 0 Å². The molecule has 4 rings (SSSR count). The number of aromatic nitrogens is 2. The van der Waals surface area contributed by atoms with Crippen LogP contribution in [0, 0.1) is 0 Å². The van der Waals surface area contributed by atoms with Crippen LogP contribution in [0.4, 0.5) is 0 Å². The first kappa shape index (κ1) is 16.3. The number of carbonyl (C=O) groups is 1. The molecule has 132 valence electrons. The number of fused-ring (bicyclic) bond motifs is 1. The molecule has 1 fully saturated rings. The van der Waals surface area contributed by atoms with E-state index in [0.717, 1.165) is 57.9 Å². The molecule has 0 aliphatic carbocycles. The fourth-order valence-corrected chi connectivity index (χ4v) is 3.70. The molecule has 1 N–H and O–H groups in total. The highest BCUT2D eigenvalue weighted by atomic mass is 16.2. The number of carbonyl (C=O) groups excluding carboxylic acids is 1. The molecule has 6 nitrogen and oxygen atoms in total. The highest BCUT2D eigenvalue weighted by molar-refractivity contribution is 5.76. The molecule has 2 aliphatic rings. The number of amides is 1. The number of hydrogen-bond donors (Lipinski definition) is 1. The fraction of sp³-hybridized carbons (Fsp3) is 0.474. The summed E-state index contributed by atoms with van der Waals surface area (Å²) < 4.78 is 2.05. The van der Waals surface area contributed by atoms with Gasteiger partial charge < -0.3 is 10.2 Å². The summed E-state index contributed by atoms with van der Waals surface area (Å²) in [6.45, 7) is 6.21. The van der Waals surface area contributed by atoms with Gasteiger partial charge in [-0.05, 0) is 12.1 Å². The predicted molar refractivity (Wildman–Crippen MR) is 96.6 cm³/mol. The topological polar surface area (TPSA) is 53.4 Å². The SMILES string of the molecule is O=C(CCN1CCc2c(cnn2-c2ccccc2)C1)N1CCNCC1. The third-order valence-corrected chi connectivity index (χ3v) is 5.13. The van der Waals surface area contributed by atoms with Crippen LogP contribution in [-0.4, -0.2) is 64.8 Å². The van der Waals surface area contributed by atoms with E-state index in [4.69, 9.17) is 0 Å². The Morgan fingerprint density at radius 2 is 1.92 bits per heavy atom. The van der Waals surface area contributed by atoms with Gasteiger partial charge in [0, 0.05) is 69.9 Å². The highest BCUT2D eigenvalue weighted by Gasteiger charge is 2.23. The van der Waals surface area contributed by atoms with Gasteiger partial charge in [-0.1, -0.05) is 18.2 Å². The maximum absolute atomic E-state index is 12.3. The summed E-state index contributed by atoms with van der Waals surface area (Å²) in [7, 11) is 0. The van der Waals surface area contributed by atoms with Crippen LogP contribution in [0.2, 0.25) is 0 Å². The summed E-state index contributed by atoms with van der Waals surface area (Å²) in [5.74, 6) is 0.285. The quantitative estimate of drug-likeness (QED) is 0.905. The Kier molecular flexibility index (Phi) is 4.81. The van der Waals surface area contributed by atoms with Gasteiger partial charge in [0.1, 0.15) is 0 Å². The zero-order chi connectivity index (χ0) is 17.1. The Labute approximate surface area is 148 Å². The second-order valence-corrected chi connectivity index (χ2v) is 6.77. The maximum atomic E-state index is 12.3. The van der Waals surface area contributed by atoms with Gasteiger partial charge in [-0.25, -0.2) is 4.68 Å². The molecule has 1 aromatic heterocycles. The van der Waals surface area contributed by atoms with Crippen molar-refractivity contribution in [3.8, 4) is 5.69 Å². The number of hydrogen-bond acceptors (Lipinski definition) is 4. The molecule has 2 aliphatic heterocycles. The van der Waals surface area contributed by atoms with E-state index in [9.17, 15) is 4.79 Å². The van der Waals surface area contributed by atoms with Gasteiger partial charge in [-0.3, -0.25) is 9.69 Å². The molecular formula is C19H25N5O. The first-order chi connectivity index (χ1) is 12.3. The lowest BCUT2D eigenvalue weighted by Crippen LogP contribution is -2.47. The molecule has 0 saturated carbocycles. The van der Waals surface area contributed by atoms with Crippen LogP contribution in [0.1, 0.15) is 17.7 Å². The van der Waals surface area contributed by atoms with E-state index in [1.54, 1.807) is 0 Å². The number of nitrogens with one attached hydrogen (secondary N) is 1. The molecule has 1 aromatic carbocycles. The first-order valence-corrected chi connectivity index (χ1v) is 9.13. The summed E-state index contributed by atoms with van der Waals surface area (Å²) in [5.41, 5.74) is 3.70. The molecule has 1 saturated heterocycles. The average molecular weight is 339 g/mol. The standard InChI is InChI=1S/C19H25N5O/c25-19(23-12-8-20-9-13-23)7-11-22-10-6-18-16(15-22)14-21-24(18)17-4-2-1-3-5-17/h1-5,14,20H,6-13,15H2. The molecule has 2 aromatic rings. The number of benzene rings is 1. The summed E-state index contributed by atoms with van der Waals surface area (Å²) in [6.07, 6.45) is 3.57. The molecular weight excluding hydrogens is 314 g/mol. The van der Waals surface area contributed by atoms with Crippen LogP contribution in [0.15, 0.2) is 36.5 Å². The normalized spacial score (nSPS) is 18.2. The molecule has 0 unspecified atom stereocenters. The van der Waals surface area contributed by atoms with Gasteiger partial charge in [0.05, 0.1) is 11.9 Å². The van der Waals surface area contributed by atoms with Crippen molar-refractivity contribution in [1.29, 1.82) is 0 Å². The predicted octanol–water partition coefficient (Wildman–Crippen LogP) is 1.05. The summed E-state index contributed by atoms with van der Waals surface area (Å²) in [5, 5.41) is 7.87. The molecule has 0 bridgehead atoms. The minimum absolute atomic E-state index is 0.285. The Balaban J connectivity index is 1.36. The Morgan fingerprint density at radius 1 is 1.12 bits per heavy atom. The van der Waals surface area contributed by atoms with Crippen LogP contribution in [-0.2, 0) is 17.8 Å². The maximum Gasteiger partial charge on any atom is 0.223 e. The lowest BCUT2D eigenvalue weighted by Gasteiger charge is -2.30. The van der Waals surface area contributed by atoms with Crippen molar-refractivity contribution < 1.29 is 4.79 Å². The van der Waals surface area contributed by atoms with Crippen LogP contribution in [0.3, 0.4) is 0 Å². The summed E-state index contributed by atoms with van der Waals surface area (Å²) >= 11 is 0. The molecule has 0 spiro atoms. The summed E-state index contributed by atoms with van der Waals surface area (Å²) in [6, 6.07) is 10.3. The van der Waals surface area contributed by atoms with E-state index < -0.39 is 0 Å². The van der Waals surface area contributed by atoms with Crippen molar-refractivity contribution in [3.63, 3.8) is 0 Å². The number of rotatable bonds is 4. The first-order valence-electron chi connectivity index (χ1n) is 9.13. The molecule has 0 atom stereocenters. The minimum atomic E-state index is 0.285. The van der Waals surface area contributed by atoms with Crippen molar-refractivity contribution in [2.75, 3.05) is 39.3 Å². The van der Waals surface area contributed by atoms with Crippen molar-refractivity contribution in [2.24, 2.45) is 0 Å². The largest absolute Gasteiger partial charge is 0.340 e. The Morgan fingerprint density at radius 3 is 2.72 bits per heavy atom. The average Bonchev–Trinajstić information content (AvgIpc) is 3.10. The van der Waals surface area contributed by atoms with Crippen LogP contribution >= 0.6 is 0 Å². The van der Waals surface area contributed by atoms with E-state index in [2.05, 4.69) is 32.1 Å². The van der Waals surface area contributed by atoms with Crippen molar-refractivity contribution in [1.82, 2.24) is 24.9 Å². The zero-order valence-corrected chi connectivity index (χ0v) is 14.5. The van der Waals surface area contributed by atoms with E-state index in [-0.39, 0.29) is 5.91 Å². The van der Waals surface area contributed by atoms with Gasteiger partial charge in [0.2, 0.25) is 5.91 Å². The van der Waals surface area contributed by atoms with Gasteiger partial charge in [0.25, 0.3) is 0 Å². The van der Waals surface area contributed by atoms with Crippen molar-refractivity contribution in [3.05, 3.63) is 47.8 Å². The van der Waals surface area contributed by atoms with E-state index in [1.807, 2.05) is 29.3 Å². The van der Waals surface area contributed by atoms with Crippen LogP contribution in [0.25, 0.3) is 5.69 Å². The monoisotopic (exact) mass is 339 g/mol. The van der Waals surface area contributed by atoms with Gasteiger partial charge >= 0.3 is 0 Å². The number of para-hydroxylation sites is 1. The molecule has 0 radical (unpaired) electrons. The molecule has 1 amide bonds. The van der Waals surface area contributed by atoms with Crippen molar-refractivity contribution in [2.45, 2.75) is 19.4 Å². The second-order valence-electron chi connectivity index (χ2n) is 6.77. The molecule has 25 heavy (non-hydrogen) atoms. The Hall–Kier alpha value is -2.18. The third-order valence-electron chi connectivity index (χ3n) is 5.13. The van der Waals surface area contributed by atoms with Gasteiger partial charge in [0.15, 0.2) is 0 Å². The van der Waals surface area contributed by atoms with E-state index in [1.165, 1.54) is 11.3 Å². The summed E-state index contributed by atoms with van der Waals surface area (Å²) in [4.78, 5) is 16.7. The molecule has 6 heteroatoms. The smallest absolute Gasteiger partial charge is 0.223 e. The van der Waals surface area contributed by atoms with Crippen molar-refractivity contribution >= 4 is 5.91 Å². The third kappa shape index (κ3) is 3.60. The van der Waals surface area contributed by atoms with Crippen LogP contribution < -0.4 is 5.32 Å². The van der Waals surface area contributed by atoms with E-state index >= 15 is 0 Å². The van der Waals surface area contributed by atoms with E-state index in [0.29, 0.717) is 6.42 Å². The second kappa shape index (κ2) is 7.37. The van der Waals surface area contributed by atoms with Gasteiger partial charge in [-0.2, -0.15) is 5.10 Å². The highest BCUT2D eigenvalue weighted by Crippen LogP contribution is 2.21. The zero-order valence-electron chi connectivity index (χ0n) is 14.5. The van der Waals surface area contributed by atoms with Crippen LogP contribution in [0.5, 0.6) is 0 Å². The number of nitrogens with zero attached hydrogens (tertiary/aromatic N) is 4. The molecule has 3 heterocycles. The number of piperazine rings is 1. The lowest BCUT2D eigenvalue weighted by molar-refractivity contribution is -0.132. The lowest BCUT2D eigenvalue weighted by atomic mass is 10.1. The Bertz CT molecular complexity index is 721. The fourth-order valence-electron chi connectivity index (χ4n) is 3.70.